The van der Waals surface area contributed by atoms with E-state index in [4.69, 9.17) is 9.88 Å². The highest BCUT2D eigenvalue weighted by molar-refractivity contribution is 7.89. The number of primary sulfonamides is 1. The quantitative estimate of drug-likeness (QED) is 0.470. The fourth-order valence-corrected chi connectivity index (χ4v) is 2.73. The third-order valence-corrected chi connectivity index (χ3v) is 4.22. The molecule has 0 fully saturated rings. The summed E-state index contributed by atoms with van der Waals surface area (Å²) in [6.45, 7) is 4.01. The Labute approximate surface area is 125 Å². The summed E-state index contributed by atoms with van der Waals surface area (Å²) in [5.41, 5.74) is 0. The number of nitrogens with two attached hydrogens (primary N) is 1. The van der Waals surface area contributed by atoms with Crippen molar-refractivity contribution in [3.05, 3.63) is 0 Å². The minimum absolute atomic E-state index is 0.124. The van der Waals surface area contributed by atoms with Gasteiger partial charge in [0.1, 0.15) is 0 Å². The van der Waals surface area contributed by atoms with Crippen molar-refractivity contribution in [1.29, 1.82) is 0 Å². The van der Waals surface area contributed by atoms with Crippen LogP contribution in [0.5, 0.6) is 0 Å². The molecule has 0 saturated heterocycles. The Bertz CT molecular complexity index is 291. The highest BCUT2D eigenvalue weighted by Gasteiger charge is 2.01. The molecule has 0 radical (unpaired) electrons. The fraction of sp³-hybridized carbons (Fsp3) is 1.00. The molecule has 0 aromatic heterocycles. The normalized spacial score (nSPS) is 11.9. The van der Waals surface area contributed by atoms with E-state index in [1.165, 1.54) is 44.9 Å². The van der Waals surface area contributed by atoms with E-state index >= 15 is 0 Å². The Morgan fingerprint density at radius 2 is 1.20 bits per heavy atom. The summed E-state index contributed by atoms with van der Waals surface area (Å²) in [4.78, 5) is 0. The summed E-state index contributed by atoms with van der Waals surface area (Å²) in [7, 11) is -3.26. The Hall–Kier alpha value is -0.130. The maximum Gasteiger partial charge on any atom is 0.209 e. The molecular formula is C15H33NO3S. The van der Waals surface area contributed by atoms with Crippen molar-refractivity contribution in [2.45, 2.75) is 77.6 Å². The number of hydrogen-bond donors (Lipinski definition) is 1. The van der Waals surface area contributed by atoms with Gasteiger partial charge in [0.25, 0.3) is 0 Å². The summed E-state index contributed by atoms with van der Waals surface area (Å²) in [6, 6.07) is 0. The first kappa shape index (κ1) is 19.9. The van der Waals surface area contributed by atoms with Crippen molar-refractivity contribution in [3.63, 3.8) is 0 Å². The van der Waals surface area contributed by atoms with Gasteiger partial charge in [0, 0.05) is 13.2 Å². The van der Waals surface area contributed by atoms with Crippen LogP contribution in [-0.4, -0.2) is 27.4 Å². The van der Waals surface area contributed by atoms with Gasteiger partial charge in [-0.15, -0.1) is 0 Å². The molecule has 122 valence electrons. The van der Waals surface area contributed by atoms with E-state index in [0.717, 1.165) is 32.5 Å². The maximum atomic E-state index is 10.7. The average Bonchev–Trinajstić information content (AvgIpc) is 2.38. The van der Waals surface area contributed by atoms with Gasteiger partial charge < -0.3 is 4.74 Å². The Morgan fingerprint density at radius 1 is 0.750 bits per heavy atom. The second-order valence-electron chi connectivity index (χ2n) is 5.51. The van der Waals surface area contributed by atoms with Crippen molar-refractivity contribution < 1.29 is 13.2 Å². The summed E-state index contributed by atoms with van der Waals surface area (Å²) >= 11 is 0. The Balaban J connectivity index is 3.03. The smallest absolute Gasteiger partial charge is 0.209 e. The van der Waals surface area contributed by atoms with Gasteiger partial charge in [0.2, 0.25) is 10.0 Å². The fourth-order valence-electron chi connectivity index (χ4n) is 2.12. The van der Waals surface area contributed by atoms with Crippen LogP contribution in [0.15, 0.2) is 0 Å². The van der Waals surface area contributed by atoms with E-state index in [1.54, 1.807) is 0 Å². The van der Waals surface area contributed by atoms with Gasteiger partial charge in [0.15, 0.2) is 0 Å². The predicted octanol–water partition coefficient (Wildman–Crippen LogP) is 3.60. The third-order valence-electron chi connectivity index (χ3n) is 3.36. The minimum Gasteiger partial charge on any atom is -0.381 e. The largest absolute Gasteiger partial charge is 0.381 e. The molecule has 0 heterocycles. The molecule has 0 bridgehead atoms. The predicted molar refractivity (Wildman–Crippen MR) is 85.3 cm³/mol. The number of sulfonamides is 1. The molecule has 4 nitrogen and oxygen atoms in total. The first-order chi connectivity index (χ1) is 9.56. The molecule has 0 aliphatic carbocycles. The molecule has 0 aliphatic rings. The summed E-state index contributed by atoms with van der Waals surface area (Å²) < 4.78 is 27.0. The van der Waals surface area contributed by atoms with E-state index in [9.17, 15) is 8.42 Å². The third kappa shape index (κ3) is 17.9. The summed E-state index contributed by atoms with van der Waals surface area (Å²) in [6.07, 6.45) is 12.6. The standard InChI is InChI=1S/C15H33NO3S/c1-2-3-4-10-13-19-14-11-8-6-5-7-9-12-15-20(16,17)18/h2-15H2,1H3,(H2,16,17,18). The second-order valence-corrected chi connectivity index (χ2v) is 7.25. The van der Waals surface area contributed by atoms with E-state index in [-0.39, 0.29) is 5.75 Å². The first-order valence-electron chi connectivity index (χ1n) is 8.14. The lowest BCUT2D eigenvalue weighted by molar-refractivity contribution is 0.125. The van der Waals surface area contributed by atoms with E-state index in [1.807, 2.05) is 0 Å². The van der Waals surface area contributed by atoms with E-state index < -0.39 is 10.0 Å². The Kier molecular flexibility index (Phi) is 13.7. The van der Waals surface area contributed by atoms with Crippen molar-refractivity contribution >= 4 is 10.0 Å². The van der Waals surface area contributed by atoms with Crippen molar-refractivity contribution in [2.24, 2.45) is 5.14 Å². The lowest BCUT2D eigenvalue weighted by Crippen LogP contribution is -2.16. The van der Waals surface area contributed by atoms with Gasteiger partial charge in [-0.25, -0.2) is 13.6 Å². The van der Waals surface area contributed by atoms with Crippen LogP contribution in [0.4, 0.5) is 0 Å². The Morgan fingerprint density at radius 3 is 1.70 bits per heavy atom. The summed E-state index contributed by atoms with van der Waals surface area (Å²) in [5.74, 6) is 0.124. The number of hydrogen-bond acceptors (Lipinski definition) is 3. The lowest BCUT2D eigenvalue weighted by Gasteiger charge is -2.04. The molecule has 0 rings (SSSR count). The highest BCUT2D eigenvalue weighted by atomic mass is 32.2. The van der Waals surface area contributed by atoms with Gasteiger partial charge >= 0.3 is 0 Å². The van der Waals surface area contributed by atoms with Crippen LogP contribution in [0.2, 0.25) is 0 Å². The zero-order chi connectivity index (χ0) is 15.1. The van der Waals surface area contributed by atoms with Crippen LogP contribution in [0, 0.1) is 0 Å². The molecule has 0 spiro atoms. The minimum atomic E-state index is -3.26. The van der Waals surface area contributed by atoms with E-state index in [2.05, 4.69) is 6.92 Å². The molecule has 0 unspecified atom stereocenters. The van der Waals surface area contributed by atoms with Gasteiger partial charge in [-0.3, -0.25) is 0 Å². The van der Waals surface area contributed by atoms with E-state index in [0.29, 0.717) is 6.42 Å². The van der Waals surface area contributed by atoms with Crippen LogP contribution < -0.4 is 5.14 Å². The topological polar surface area (TPSA) is 69.4 Å². The van der Waals surface area contributed by atoms with Crippen LogP contribution >= 0.6 is 0 Å². The van der Waals surface area contributed by atoms with Crippen LogP contribution in [0.25, 0.3) is 0 Å². The molecule has 5 heteroatoms. The zero-order valence-electron chi connectivity index (χ0n) is 13.1. The second kappa shape index (κ2) is 13.8. The van der Waals surface area contributed by atoms with Crippen LogP contribution in [0.1, 0.15) is 77.6 Å². The number of ether oxygens (including phenoxy) is 1. The molecule has 20 heavy (non-hydrogen) atoms. The van der Waals surface area contributed by atoms with Gasteiger partial charge in [-0.05, 0) is 19.3 Å². The zero-order valence-corrected chi connectivity index (χ0v) is 13.9. The van der Waals surface area contributed by atoms with Crippen molar-refractivity contribution in [3.8, 4) is 0 Å². The average molecular weight is 307 g/mol. The number of unbranched alkanes of at least 4 members (excludes halogenated alkanes) is 9. The molecule has 2 N–H and O–H groups in total. The molecule has 0 amide bonds. The van der Waals surface area contributed by atoms with Gasteiger partial charge in [0.05, 0.1) is 5.75 Å². The molecule has 0 atom stereocenters. The maximum absolute atomic E-state index is 10.7. The molecule has 0 aliphatic heterocycles. The first-order valence-corrected chi connectivity index (χ1v) is 9.86. The van der Waals surface area contributed by atoms with Gasteiger partial charge in [-0.2, -0.15) is 0 Å². The van der Waals surface area contributed by atoms with Crippen molar-refractivity contribution in [2.75, 3.05) is 19.0 Å². The molecule has 0 aromatic carbocycles. The molecular weight excluding hydrogens is 274 g/mol. The summed E-state index contributed by atoms with van der Waals surface area (Å²) in [5, 5.41) is 4.94. The lowest BCUT2D eigenvalue weighted by atomic mass is 10.1. The monoisotopic (exact) mass is 307 g/mol. The SMILES string of the molecule is CCCCCCOCCCCCCCCCS(N)(=O)=O. The van der Waals surface area contributed by atoms with Crippen LogP contribution in [-0.2, 0) is 14.8 Å². The molecule has 0 aromatic rings. The van der Waals surface area contributed by atoms with Crippen LogP contribution in [0.3, 0.4) is 0 Å². The highest BCUT2D eigenvalue weighted by Crippen LogP contribution is 2.08. The number of rotatable bonds is 15. The van der Waals surface area contributed by atoms with Crippen molar-refractivity contribution in [1.82, 2.24) is 0 Å². The van der Waals surface area contributed by atoms with Gasteiger partial charge in [-0.1, -0.05) is 58.3 Å². The molecule has 0 saturated carbocycles.